The van der Waals surface area contributed by atoms with Crippen molar-refractivity contribution >= 4 is 11.6 Å². The molecule has 0 saturated carbocycles. The summed E-state index contributed by atoms with van der Waals surface area (Å²) in [5, 5.41) is 7.00. The largest absolute Gasteiger partial charge is 0.492 e. The molecule has 2 heterocycles. The lowest BCUT2D eigenvalue weighted by Crippen LogP contribution is -2.26. The first-order valence-electron chi connectivity index (χ1n) is 8.87. The van der Waals surface area contributed by atoms with Crippen LogP contribution in [0.3, 0.4) is 0 Å². The van der Waals surface area contributed by atoms with E-state index < -0.39 is 0 Å². The van der Waals surface area contributed by atoms with Crippen LogP contribution in [0.1, 0.15) is 26.3 Å². The van der Waals surface area contributed by atoms with E-state index in [1.807, 2.05) is 31.2 Å². The standard InChI is InChI=1S/C19H26N4O2/c1-15-8-11-22(14-15)12-13-25-18-6-4-17(5-7-18)21-19(24)16(2)23-10-3-9-20-23/h3-7,9-10,15-16H,8,11-14H2,1-2H3,(H,21,24). The van der Waals surface area contributed by atoms with Crippen LogP contribution in [-0.2, 0) is 4.79 Å². The van der Waals surface area contributed by atoms with Gasteiger partial charge in [-0.25, -0.2) is 0 Å². The Morgan fingerprint density at radius 2 is 2.20 bits per heavy atom. The molecule has 0 bridgehead atoms. The lowest BCUT2D eigenvalue weighted by atomic mass is 10.2. The zero-order valence-electron chi connectivity index (χ0n) is 14.9. The van der Waals surface area contributed by atoms with Crippen LogP contribution in [0.5, 0.6) is 5.75 Å². The van der Waals surface area contributed by atoms with Gasteiger partial charge in [-0.2, -0.15) is 5.10 Å². The van der Waals surface area contributed by atoms with Crippen LogP contribution in [0.2, 0.25) is 0 Å². The second-order valence-corrected chi connectivity index (χ2v) is 6.72. The van der Waals surface area contributed by atoms with E-state index >= 15 is 0 Å². The first-order chi connectivity index (χ1) is 12.1. The van der Waals surface area contributed by atoms with Crippen molar-refractivity contribution in [2.45, 2.75) is 26.3 Å². The molecule has 2 atom stereocenters. The molecule has 6 nitrogen and oxygen atoms in total. The number of ether oxygens (including phenoxy) is 1. The molecule has 1 aromatic heterocycles. The summed E-state index contributed by atoms with van der Waals surface area (Å²) in [5.41, 5.74) is 0.754. The third-order valence-electron chi connectivity index (χ3n) is 4.61. The second-order valence-electron chi connectivity index (χ2n) is 6.72. The minimum absolute atomic E-state index is 0.0967. The van der Waals surface area contributed by atoms with E-state index in [1.54, 1.807) is 23.1 Å². The maximum atomic E-state index is 12.2. The number of anilines is 1. The van der Waals surface area contributed by atoms with Crippen molar-refractivity contribution in [3.8, 4) is 5.75 Å². The number of benzene rings is 1. The number of hydrogen-bond acceptors (Lipinski definition) is 4. The number of nitrogens with zero attached hydrogens (tertiary/aromatic N) is 3. The molecule has 1 saturated heterocycles. The van der Waals surface area contributed by atoms with Crippen molar-refractivity contribution in [3.63, 3.8) is 0 Å². The van der Waals surface area contributed by atoms with Gasteiger partial charge in [0.25, 0.3) is 0 Å². The Morgan fingerprint density at radius 1 is 1.40 bits per heavy atom. The van der Waals surface area contributed by atoms with Crippen molar-refractivity contribution in [2.75, 3.05) is 31.6 Å². The van der Waals surface area contributed by atoms with Gasteiger partial charge < -0.3 is 10.1 Å². The quantitative estimate of drug-likeness (QED) is 0.840. The summed E-state index contributed by atoms with van der Waals surface area (Å²) in [4.78, 5) is 14.7. The minimum atomic E-state index is -0.353. The Kier molecular flexibility index (Phi) is 5.71. The fourth-order valence-corrected chi connectivity index (χ4v) is 3.03. The number of aromatic nitrogens is 2. The number of carbonyl (C=O) groups is 1. The molecule has 134 valence electrons. The number of amides is 1. The number of likely N-dealkylation sites (tertiary alicyclic amines) is 1. The monoisotopic (exact) mass is 342 g/mol. The van der Waals surface area contributed by atoms with Gasteiger partial charge in [-0.3, -0.25) is 14.4 Å². The normalized spacial score (nSPS) is 18.9. The van der Waals surface area contributed by atoms with Crippen molar-refractivity contribution < 1.29 is 9.53 Å². The molecule has 2 aromatic rings. The van der Waals surface area contributed by atoms with Gasteiger partial charge in [-0.05, 0) is 56.1 Å². The Bertz CT molecular complexity index is 669. The fourth-order valence-electron chi connectivity index (χ4n) is 3.03. The molecule has 3 rings (SSSR count). The third-order valence-corrected chi connectivity index (χ3v) is 4.61. The summed E-state index contributed by atoms with van der Waals surface area (Å²) in [6, 6.07) is 8.95. The van der Waals surface area contributed by atoms with Crippen LogP contribution >= 0.6 is 0 Å². The van der Waals surface area contributed by atoms with Gasteiger partial charge in [-0.1, -0.05) is 6.92 Å². The smallest absolute Gasteiger partial charge is 0.248 e. The Morgan fingerprint density at radius 3 is 2.84 bits per heavy atom. The van der Waals surface area contributed by atoms with E-state index in [0.717, 1.165) is 23.9 Å². The predicted octanol–water partition coefficient (Wildman–Crippen LogP) is 2.80. The first-order valence-corrected chi connectivity index (χ1v) is 8.87. The maximum Gasteiger partial charge on any atom is 0.248 e. The molecule has 1 aliphatic rings. The van der Waals surface area contributed by atoms with Crippen molar-refractivity contribution in [2.24, 2.45) is 5.92 Å². The molecule has 1 N–H and O–H groups in total. The summed E-state index contributed by atoms with van der Waals surface area (Å²) < 4.78 is 7.43. The summed E-state index contributed by atoms with van der Waals surface area (Å²) >= 11 is 0. The SMILES string of the molecule is CC1CCN(CCOc2ccc(NC(=O)C(C)n3cccn3)cc2)C1. The molecule has 1 amide bonds. The van der Waals surface area contributed by atoms with Crippen LogP contribution in [0.15, 0.2) is 42.7 Å². The lowest BCUT2D eigenvalue weighted by Gasteiger charge is -2.16. The number of rotatable bonds is 7. The van der Waals surface area contributed by atoms with Crippen LogP contribution in [0, 0.1) is 5.92 Å². The fraction of sp³-hybridized carbons (Fsp3) is 0.474. The van der Waals surface area contributed by atoms with Crippen LogP contribution in [-0.4, -0.2) is 46.8 Å². The zero-order chi connectivity index (χ0) is 17.6. The van der Waals surface area contributed by atoms with Gasteiger partial charge in [0.2, 0.25) is 5.91 Å². The van der Waals surface area contributed by atoms with Gasteiger partial charge >= 0.3 is 0 Å². The summed E-state index contributed by atoms with van der Waals surface area (Å²) in [7, 11) is 0. The average Bonchev–Trinajstić information content (AvgIpc) is 3.27. The van der Waals surface area contributed by atoms with Crippen molar-refractivity contribution in [3.05, 3.63) is 42.7 Å². The van der Waals surface area contributed by atoms with Gasteiger partial charge in [0.05, 0.1) is 0 Å². The molecule has 1 aromatic carbocycles. The average molecular weight is 342 g/mol. The van der Waals surface area contributed by atoms with Crippen LogP contribution < -0.4 is 10.1 Å². The summed E-state index contributed by atoms with van der Waals surface area (Å²) in [6.45, 7) is 8.10. The highest BCUT2D eigenvalue weighted by Gasteiger charge is 2.18. The van der Waals surface area contributed by atoms with Gasteiger partial charge in [0, 0.05) is 31.2 Å². The summed E-state index contributed by atoms with van der Waals surface area (Å²) in [6.07, 6.45) is 4.73. The maximum absolute atomic E-state index is 12.2. The number of nitrogens with one attached hydrogen (secondary N) is 1. The second kappa shape index (κ2) is 8.16. The molecule has 0 spiro atoms. The highest BCUT2D eigenvalue weighted by molar-refractivity contribution is 5.93. The Labute approximate surface area is 148 Å². The highest BCUT2D eigenvalue weighted by Crippen LogP contribution is 2.18. The van der Waals surface area contributed by atoms with Crippen molar-refractivity contribution in [1.82, 2.24) is 14.7 Å². The molecule has 1 fully saturated rings. The minimum Gasteiger partial charge on any atom is -0.492 e. The molecule has 6 heteroatoms. The molecule has 25 heavy (non-hydrogen) atoms. The third kappa shape index (κ3) is 4.82. The Hall–Kier alpha value is -2.34. The Balaban J connectivity index is 1.44. The van der Waals surface area contributed by atoms with E-state index in [9.17, 15) is 4.79 Å². The molecule has 0 aliphatic carbocycles. The van der Waals surface area contributed by atoms with Crippen LogP contribution in [0.25, 0.3) is 0 Å². The number of carbonyl (C=O) groups excluding carboxylic acids is 1. The number of hydrogen-bond donors (Lipinski definition) is 1. The molecular weight excluding hydrogens is 316 g/mol. The molecular formula is C19H26N4O2. The van der Waals surface area contributed by atoms with E-state index in [-0.39, 0.29) is 11.9 Å². The van der Waals surface area contributed by atoms with Gasteiger partial charge in [0.1, 0.15) is 18.4 Å². The van der Waals surface area contributed by atoms with E-state index in [0.29, 0.717) is 6.61 Å². The van der Waals surface area contributed by atoms with Crippen LogP contribution in [0.4, 0.5) is 5.69 Å². The first kappa shape index (κ1) is 17.5. The molecule has 0 radical (unpaired) electrons. The summed E-state index contributed by atoms with van der Waals surface area (Å²) in [5.74, 6) is 1.53. The molecule has 1 aliphatic heterocycles. The van der Waals surface area contributed by atoms with Gasteiger partial charge in [0.15, 0.2) is 0 Å². The molecule has 2 unspecified atom stereocenters. The van der Waals surface area contributed by atoms with E-state index in [1.165, 1.54) is 19.5 Å². The predicted molar refractivity (Wildman–Crippen MR) is 97.7 cm³/mol. The van der Waals surface area contributed by atoms with E-state index in [4.69, 9.17) is 4.74 Å². The zero-order valence-corrected chi connectivity index (χ0v) is 14.9. The highest BCUT2D eigenvalue weighted by atomic mass is 16.5. The van der Waals surface area contributed by atoms with Gasteiger partial charge in [-0.15, -0.1) is 0 Å². The van der Waals surface area contributed by atoms with E-state index in [2.05, 4.69) is 22.2 Å². The lowest BCUT2D eigenvalue weighted by molar-refractivity contribution is -0.119. The topological polar surface area (TPSA) is 59.4 Å². The van der Waals surface area contributed by atoms with Crippen molar-refractivity contribution in [1.29, 1.82) is 0 Å².